The molecule has 0 bridgehead atoms. The SMILES string of the molecule is CCCOc1ccc(NCC(=O)Nc2ccc(Br)cc2)cc1. The summed E-state index contributed by atoms with van der Waals surface area (Å²) < 4.78 is 6.49. The van der Waals surface area contributed by atoms with Gasteiger partial charge in [0.15, 0.2) is 0 Å². The van der Waals surface area contributed by atoms with Crippen LogP contribution in [0, 0.1) is 0 Å². The van der Waals surface area contributed by atoms with Crippen LogP contribution in [0.5, 0.6) is 5.75 Å². The van der Waals surface area contributed by atoms with Crippen molar-refractivity contribution < 1.29 is 9.53 Å². The van der Waals surface area contributed by atoms with Gasteiger partial charge in [-0.05, 0) is 55.0 Å². The molecular formula is C17H19BrN2O2. The number of carbonyl (C=O) groups is 1. The van der Waals surface area contributed by atoms with Crippen molar-refractivity contribution in [1.29, 1.82) is 0 Å². The van der Waals surface area contributed by atoms with Crippen molar-refractivity contribution in [3.63, 3.8) is 0 Å². The van der Waals surface area contributed by atoms with Gasteiger partial charge in [0.1, 0.15) is 5.75 Å². The molecule has 5 heteroatoms. The van der Waals surface area contributed by atoms with E-state index < -0.39 is 0 Å². The van der Waals surface area contributed by atoms with Gasteiger partial charge in [-0.15, -0.1) is 0 Å². The number of carbonyl (C=O) groups excluding carboxylic acids is 1. The monoisotopic (exact) mass is 362 g/mol. The topological polar surface area (TPSA) is 50.4 Å². The van der Waals surface area contributed by atoms with Gasteiger partial charge in [-0.1, -0.05) is 22.9 Å². The van der Waals surface area contributed by atoms with Crippen LogP contribution in [0.25, 0.3) is 0 Å². The van der Waals surface area contributed by atoms with E-state index in [0.29, 0.717) is 6.61 Å². The molecule has 116 valence electrons. The van der Waals surface area contributed by atoms with E-state index in [1.54, 1.807) is 0 Å². The summed E-state index contributed by atoms with van der Waals surface area (Å²) >= 11 is 3.36. The lowest BCUT2D eigenvalue weighted by Gasteiger charge is -2.09. The van der Waals surface area contributed by atoms with E-state index >= 15 is 0 Å². The van der Waals surface area contributed by atoms with Crippen LogP contribution < -0.4 is 15.4 Å². The molecule has 0 heterocycles. The number of hydrogen-bond acceptors (Lipinski definition) is 3. The number of hydrogen-bond donors (Lipinski definition) is 2. The third kappa shape index (κ3) is 5.41. The summed E-state index contributed by atoms with van der Waals surface area (Å²) in [6.07, 6.45) is 0.982. The van der Waals surface area contributed by atoms with Gasteiger partial charge in [0.25, 0.3) is 0 Å². The van der Waals surface area contributed by atoms with Crippen LogP contribution in [0.4, 0.5) is 11.4 Å². The number of halogens is 1. The van der Waals surface area contributed by atoms with Crippen molar-refractivity contribution in [1.82, 2.24) is 0 Å². The predicted molar refractivity (Wildman–Crippen MR) is 93.5 cm³/mol. The Kier molecular flexibility index (Phi) is 6.27. The van der Waals surface area contributed by atoms with E-state index in [1.165, 1.54) is 0 Å². The fourth-order valence-electron chi connectivity index (χ4n) is 1.81. The minimum Gasteiger partial charge on any atom is -0.494 e. The molecule has 2 N–H and O–H groups in total. The van der Waals surface area contributed by atoms with E-state index in [2.05, 4.69) is 33.5 Å². The van der Waals surface area contributed by atoms with Crippen molar-refractivity contribution in [3.05, 3.63) is 53.0 Å². The molecule has 0 atom stereocenters. The van der Waals surface area contributed by atoms with E-state index in [1.807, 2.05) is 48.5 Å². The molecule has 0 saturated heterocycles. The van der Waals surface area contributed by atoms with Gasteiger partial charge in [0, 0.05) is 15.8 Å². The average Bonchev–Trinajstić information content (AvgIpc) is 2.54. The Labute approximate surface area is 139 Å². The molecule has 0 aliphatic carbocycles. The summed E-state index contributed by atoms with van der Waals surface area (Å²) in [5.74, 6) is 0.750. The third-order valence-electron chi connectivity index (χ3n) is 2.91. The van der Waals surface area contributed by atoms with Gasteiger partial charge in [-0.25, -0.2) is 0 Å². The first-order valence-electron chi connectivity index (χ1n) is 7.19. The summed E-state index contributed by atoms with van der Waals surface area (Å²) in [5, 5.41) is 5.91. The minimum atomic E-state index is -0.0892. The molecule has 2 aromatic rings. The van der Waals surface area contributed by atoms with Crippen molar-refractivity contribution in [2.75, 3.05) is 23.8 Å². The fourth-order valence-corrected chi connectivity index (χ4v) is 2.07. The molecule has 22 heavy (non-hydrogen) atoms. The largest absolute Gasteiger partial charge is 0.494 e. The normalized spacial score (nSPS) is 10.1. The summed E-state index contributed by atoms with van der Waals surface area (Å²) in [6.45, 7) is 2.99. The zero-order valence-corrected chi connectivity index (χ0v) is 14.0. The molecular weight excluding hydrogens is 344 g/mol. The Bertz CT molecular complexity index is 597. The maximum atomic E-state index is 11.9. The van der Waals surface area contributed by atoms with E-state index in [-0.39, 0.29) is 12.5 Å². The molecule has 1 amide bonds. The highest BCUT2D eigenvalue weighted by molar-refractivity contribution is 9.10. The van der Waals surface area contributed by atoms with Gasteiger partial charge in [-0.3, -0.25) is 4.79 Å². The summed E-state index contributed by atoms with van der Waals surface area (Å²) in [4.78, 5) is 11.9. The van der Waals surface area contributed by atoms with Gasteiger partial charge >= 0.3 is 0 Å². The van der Waals surface area contributed by atoms with E-state index in [0.717, 1.165) is 28.0 Å². The van der Waals surface area contributed by atoms with Crippen LogP contribution in [0.15, 0.2) is 53.0 Å². The number of benzene rings is 2. The van der Waals surface area contributed by atoms with Gasteiger partial charge < -0.3 is 15.4 Å². The number of ether oxygens (including phenoxy) is 1. The lowest BCUT2D eigenvalue weighted by Crippen LogP contribution is -2.21. The van der Waals surface area contributed by atoms with Crippen molar-refractivity contribution >= 4 is 33.2 Å². The Balaban J connectivity index is 1.79. The second kappa shape index (κ2) is 8.44. The Morgan fingerprint density at radius 2 is 1.68 bits per heavy atom. The lowest BCUT2D eigenvalue weighted by molar-refractivity contribution is -0.114. The Morgan fingerprint density at radius 1 is 1.05 bits per heavy atom. The first kappa shape index (κ1) is 16.4. The van der Waals surface area contributed by atoms with Gasteiger partial charge in [0.05, 0.1) is 13.2 Å². The molecule has 0 saturated carbocycles. The molecule has 0 unspecified atom stereocenters. The van der Waals surface area contributed by atoms with Crippen molar-refractivity contribution in [2.24, 2.45) is 0 Å². The first-order valence-corrected chi connectivity index (χ1v) is 7.99. The third-order valence-corrected chi connectivity index (χ3v) is 3.44. The summed E-state index contributed by atoms with van der Waals surface area (Å²) in [6, 6.07) is 15.1. The first-order chi connectivity index (χ1) is 10.7. The number of rotatable bonds is 7. The standard InChI is InChI=1S/C17H19BrN2O2/c1-2-11-22-16-9-7-14(8-10-16)19-12-17(21)20-15-5-3-13(18)4-6-15/h3-10,19H,2,11-12H2,1H3,(H,20,21). The molecule has 0 aliphatic heterocycles. The molecule has 2 aromatic carbocycles. The second-order valence-corrected chi connectivity index (χ2v) is 5.70. The highest BCUT2D eigenvalue weighted by atomic mass is 79.9. The van der Waals surface area contributed by atoms with Crippen molar-refractivity contribution in [3.8, 4) is 5.75 Å². The van der Waals surface area contributed by atoms with Crippen LogP contribution in [-0.4, -0.2) is 19.1 Å². The van der Waals surface area contributed by atoms with E-state index in [9.17, 15) is 4.79 Å². The number of anilines is 2. The maximum absolute atomic E-state index is 11.9. The van der Waals surface area contributed by atoms with E-state index in [4.69, 9.17) is 4.74 Å². The highest BCUT2D eigenvalue weighted by Gasteiger charge is 2.02. The quantitative estimate of drug-likeness (QED) is 0.772. The average molecular weight is 363 g/mol. The minimum absolute atomic E-state index is 0.0892. The summed E-state index contributed by atoms with van der Waals surface area (Å²) in [7, 11) is 0. The molecule has 2 rings (SSSR count). The molecule has 0 radical (unpaired) electrons. The molecule has 0 spiro atoms. The zero-order valence-electron chi connectivity index (χ0n) is 12.4. The van der Waals surface area contributed by atoms with Crippen LogP contribution in [0.3, 0.4) is 0 Å². The molecule has 0 aromatic heterocycles. The van der Waals surface area contributed by atoms with Gasteiger partial charge in [0.2, 0.25) is 5.91 Å². The number of nitrogens with one attached hydrogen (secondary N) is 2. The number of amides is 1. The Hall–Kier alpha value is -2.01. The molecule has 0 aliphatic rings. The van der Waals surface area contributed by atoms with Crippen molar-refractivity contribution in [2.45, 2.75) is 13.3 Å². The maximum Gasteiger partial charge on any atom is 0.243 e. The van der Waals surface area contributed by atoms with Crippen LogP contribution in [-0.2, 0) is 4.79 Å². The molecule has 4 nitrogen and oxygen atoms in total. The predicted octanol–water partition coefficient (Wildman–Crippen LogP) is 4.29. The van der Waals surface area contributed by atoms with Crippen LogP contribution >= 0.6 is 15.9 Å². The fraction of sp³-hybridized carbons (Fsp3) is 0.235. The summed E-state index contributed by atoms with van der Waals surface area (Å²) in [5.41, 5.74) is 1.66. The molecule has 0 fully saturated rings. The van der Waals surface area contributed by atoms with Gasteiger partial charge in [-0.2, -0.15) is 0 Å². The van der Waals surface area contributed by atoms with Crippen LogP contribution in [0.1, 0.15) is 13.3 Å². The lowest BCUT2D eigenvalue weighted by atomic mass is 10.3. The zero-order chi connectivity index (χ0) is 15.8. The second-order valence-electron chi connectivity index (χ2n) is 4.78. The smallest absolute Gasteiger partial charge is 0.243 e. The van der Waals surface area contributed by atoms with Crippen LogP contribution in [0.2, 0.25) is 0 Å². The Morgan fingerprint density at radius 3 is 2.32 bits per heavy atom. The highest BCUT2D eigenvalue weighted by Crippen LogP contribution is 2.16.